The number of benzene rings is 2. The highest BCUT2D eigenvalue weighted by atomic mass is 16.4. The molecule has 1 aliphatic heterocycles. The number of nitrogens with one attached hydrogen (secondary N) is 2. The first-order valence-electron chi connectivity index (χ1n) is 13.9. The van der Waals surface area contributed by atoms with Crippen molar-refractivity contribution < 1.29 is 24.3 Å². The van der Waals surface area contributed by atoms with Crippen LogP contribution in [-0.4, -0.2) is 99.3 Å². The summed E-state index contributed by atoms with van der Waals surface area (Å²) in [4.78, 5) is 62.5. The van der Waals surface area contributed by atoms with Gasteiger partial charge in [-0.1, -0.05) is 42.5 Å². The molecule has 2 aromatic carbocycles. The van der Waals surface area contributed by atoms with Gasteiger partial charge in [0.25, 0.3) is 0 Å². The molecule has 0 bridgehead atoms. The van der Waals surface area contributed by atoms with Crippen LogP contribution >= 0.6 is 0 Å². The number of aromatic amines is 1. The van der Waals surface area contributed by atoms with E-state index in [4.69, 9.17) is 0 Å². The largest absolute Gasteiger partial charge is 0.480 e. The molecule has 3 aromatic rings. The number of rotatable bonds is 13. The minimum Gasteiger partial charge on any atom is -0.480 e. The quantitative estimate of drug-likeness (QED) is 0.288. The van der Waals surface area contributed by atoms with Gasteiger partial charge in [-0.25, -0.2) is 4.98 Å². The molecule has 218 valence electrons. The van der Waals surface area contributed by atoms with Crippen LogP contribution in [0.15, 0.2) is 55.0 Å². The normalized spacial score (nSPS) is 15.9. The molecule has 0 radical (unpaired) electrons. The van der Waals surface area contributed by atoms with Crippen molar-refractivity contribution in [2.24, 2.45) is 0 Å². The van der Waals surface area contributed by atoms with Crippen molar-refractivity contribution in [3.05, 3.63) is 66.2 Å². The van der Waals surface area contributed by atoms with E-state index in [1.165, 1.54) is 4.90 Å². The summed E-state index contributed by atoms with van der Waals surface area (Å²) in [6.07, 6.45) is 5.15. The van der Waals surface area contributed by atoms with Crippen LogP contribution in [0, 0.1) is 0 Å². The maximum Gasteiger partial charge on any atom is 0.320 e. The molecule has 1 aromatic heterocycles. The number of carboxylic acids is 1. The fraction of sp³-hybridized carbons (Fsp3) is 0.433. The van der Waals surface area contributed by atoms with E-state index in [2.05, 4.69) is 15.3 Å². The Morgan fingerprint density at radius 2 is 1.90 bits per heavy atom. The molecule has 41 heavy (non-hydrogen) atoms. The Morgan fingerprint density at radius 1 is 1.12 bits per heavy atom. The summed E-state index contributed by atoms with van der Waals surface area (Å²) < 4.78 is 0. The molecule has 2 heterocycles. The van der Waals surface area contributed by atoms with Gasteiger partial charge in [-0.3, -0.25) is 34.3 Å². The van der Waals surface area contributed by atoms with Gasteiger partial charge in [0.05, 0.1) is 19.3 Å². The van der Waals surface area contributed by atoms with Gasteiger partial charge in [-0.15, -0.1) is 0 Å². The average Bonchev–Trinajstić information content (AvgIpc) is 3.60. The maximum atomic E-state index is 13.1. The highest BCUT2D eigenvalue weighted by Crippen LogP contribution is 2.23. The average molecular weight is 563 g/mol. The number of likely N-dealkylation sites (tertiary alicyclic amines) is 1. The number of imide groups is 1. The molecule has 11 nitrogen and oxygen atoms in total. The zero-order chi connectivity index (χ0) is 29.4. The lowest BCUT2D eigenvalue weighted by Crippen LogP contribution is -2.47. The van der Waals surface area contributed by atoms with Gasteiger partial charge < -0.3 is 15.0 Å². The van der Waals surface area contributed by atoms with Gasteiger partial charge in [-0.05, 0) is 49.7 Å². The van der Waals surface area contributed by atoms with Crippen molar-refractivity contribution in [3.63, 3.8) is 0 Å². The molecule has 1 fully saturated rings. The minimum atomic E-state index is -1.02. The number of fused-ring (bicyclic) bond motifs is 1. The number of carboxylic acid groups (broad SMARTS) is 1. The first kappa shape index (κ1) is 29.9. The molecule has 11 heteroatoms. The smallest absolute Gasteiger partial charge is 0.320 e. The predicted octanol–water partition coefficient (Wildman–Crippen LogP) is 2.04. The number of aromatic nitrogens is 2. The van der Waals surface area contributed by atoms with Crippen molar-refractivity contribution in [1.82, 2.24) is 30.0 Å². The number of nitrogens with zero attached hydrogens (tertiary/aromatic N) is 4. The van der Waals surface area contributed by atoms with E-state index >= 15 is 0 Å². The number of amides is 3. The topological polar surface area (TPSA) is 139 Å². The Labute approximate surface area is 239 Å². The highest BCUT2D eigenvalue weighted by Gasteiger charge is 2.31. The SMILES string of the molecule is CN(C)[C@@H](CCC(=O)NC(=O)CN(Cc1cccc2ccccc12)C[C@@H]1CCCN1C(=O)Cc1cnc[nH]1)C(=O)O. The third-order valence-electron chi connectivity index (χ3n) is 7.54. The summed E-state index contributed by atoms with van der Waals surface area (Å²) in [5.74, 6) is -1.97. The first-order chi connectivity index (χ1) is 19.7. The Hall–Kier alpha value is -4.09. The number of hydrogen-bond donors (Lipinski definition) is 3. The molecule has 0 unspecified atom stereocenters. The van der Waals surface area contributed by atoms with Crippen molar-refractivity contribution in [1.29, 1.82) is 0 Å². The fourth-order valence-electron chi connectivity index (χ4n) is 5.48. The molecule has 1 aliphatic rings. The fourth-order valence-corrected chi connectivity index (χ4v) is 5.48. The van der Waals surface area contributed by atoms with Crippen LogP contribution in [0.5, 0.6) is 0 Å². The summed E-state index contributed by atoms with van der Waals surface area (Å²) in [6, 6.07) is 13.2. The van der Waals surface area contributed by atoms with Crippen molar-refractivity contribution in [3.8, 4) is 0 Å². The van der Waals surface area contributed by atoms with E-state index in [0.717, 1.165) is 34.9 Å². The van der Waals surface area contributed by atoms with Gasteiger partial charge in [0.15, 0.2) is 0 Å². The van der Waals surface area contributed by atoms with Crippen molar-refractivity contribution >= 4 is 34.5 Å². The summed E-state index contributed by atoms with van der Waals surface area (Å²) in [5, 5.41) is 14.0. The zero-order valence-electron chi connectivity index (χ0n) is 23.6. The standard InChI is InChI=1S/C30H38N6O5/c1-34(2)26(30(40)41)12-13-27(37)33-28(38)19-35(17-22-9-5-8-21-7-3-4-11-25(21)22)18-24-10-6-14-36(24)29(39)15-23-16-31-20-32-23/h3-5,7-9,11,16,20,24,26H,6,10,12-15,17-19H2,1-2H3,(H,31,32)(H,40,41)(H,33,37,38)/t24-,26-/m0/s1. The lowest BCUT2D eigenvalue weighted by molar-refractivity contribution is -0.142. The van der Waals surface area contributed by atoms with Gasteiger partial charge >= 0.3 is 5.97 Å². The van der Waals surface area contributed by atoms with E-state index in [-0.39, 0.29) is 37.8 Å². The molecule has 4 rings (SSSR count). The number of carbonyl (C=O) groups excluding carboxylic acids is 3. The first-order valence-corrected chi connectivity index (χ1v) is 13.9. The second kappa shape index (κ2) is 14.0. The maximum absolute atomic E-state index is 13.1. The molecular weight excluding hydrogens is 524 g/mol. The molecule has 0 aliphatic carbocycles. The Bertz CT molecular complexity index is 1350. The highest BCUT2D eigenvalue weighted by molar-refractivity contribution is 5.96. The van der Waals surface area contributed by atoms with E-state index in [1.807, 2.05) is 52.3 Å². The van der Waals surface area contributed by atoms with E-state index in [1.54, 1.807) is 26.6 Å². The number of carbonyl (C=O) groups is 4. The number of H-pyrrole nitrogens is 1. The minimum absolute atomic E-state index is 0.00960. The molecular formula is C30H38N6O5. The molecule has 3 amide bonds. The molecule has 0 saturated carbocycles. The molecule has 3 N–H and O–H groups in total. The Balaban J connectivity index is 1.45. The second-order valence-electron chi connectivity index (χ2n) is 10.8. The Morgan fingerprint density at radius 3 is 2.63 bits per heavy atom. The van der Waals surface area contributed by atoms with Crippen LogP contribution in [0.2, 0.25) is 0 Å². The van der Waals surface area contributed by atoms with Crippen molar-refractivity contribution in [2.75, 3.05) is 33.7 Å². The molecule has 0 spiro atoms. The van der Waals surface area contributed by atoms with Gasteiger partial charge in [0.1, 0.15) is 6.04 Å². The zero-order valence-corrected chi connectivity index (χ0v) is 23.6. The van der Waals surface area contributed by atoms with Crippen LogP contribution in [0.1, 0.15) is 36.9 Å². The molecule has 2 atom stereocenters. The Kier molecular flexibility index (Phi) is 10.2. The van der Waals surface area contributed by atoms with Gasteiger partial charge in [-0.2, -0.15) is 0 Å². The van der Waals surface area contributed by atoms with Gasteiger partial charge in [0, 0.05) is 44.0 Å². The molecule has 1 saturated heterocycles. The lowest BCUT2D eigenvalue weighted by atomic mass is 10.0. The predicted molar refractivity (Wildman–Crippen MR) is 154 cm³/mol. The van der Waals surface area contributed by atoms with Gasteiger partial charge in [0.2, 0.25) is 17.7 Å². The third kappa shape index (κ3) is 8.21. The monoisotopic (exact) mass is 562 g/mol. The van der Waals surface area contributed by atoms with E-state index in [9.17, 15) is 24.3 Å². The number of hydrogen-bond acceptors (Lipinski definition) is 7. The van der Waals surface area contributed by atoms with Crippen LogP contribution < -0.4 is 5.32 Å². The number of imidazole rings is 1. The second-order valence-corrected chi connectivity index (χ2v) is 10.8. The lowest BCUT2D eigenvalue weighted by Gasteiger charge is -2.31. The van der Waals surface area contributed by atoms with Crippen molar-refractivity contribution in [2.45, 2.75) is 50.7 Å². The number of likely N-dealkylation sites (N-methyl/N-ethyl adjacent to an activating group) is 1. The number of aliphatic carboxylic acids is 1. The summed E-state index contributed by atoms with van der Waals surface area (Å²) in [6.45, 7) is 1.55. The van der Waals surface area contributed by atoms with Crippen LogP contribution in [0.3, 0.4) is 0 Å². The summed E-state index contributed by atoms with van der Waals surface area (Å²) in [7, 11) is 3.28. The third-order valence-corrected chi connectivity index (χ3v) is 7.54. The summed E-state index contributed by atoms with van der Waals surface area (Å²) in [5.41, 5.74) is 1.80. The van der Waals surface area contributed by atoms with E-state index < -0.39 is 23.8 Å². The summed E-state index contributed by atoms with van der Waals surface area (Å²) >= 11 is 0. The van der Waals surface area contributed by atoms with Crippen LogP contribution in [0.4, 0.5) is 0 Å². The van der Waals surface area contributed by atoms with Crippen LogP contribution in [-0.2, 0) is 32.1 Å². The van der Waals surface area contributed by atoms with E-state index in [0.29, 0.717) is 19.6 Å². The van der Waals surface area contributed by atoms with Crippen LogP contribution in [0.25, 0.3) is 10.8 Å².